The summed E-state index contributed by atoms with van der Waals surface area (Å²) in [6, 6.07) is 16.6. The van der Waals surface area contributed by atoms with Crippen LogP contribution in [0.25, 0.3) is 0 Å². The standard InChI is InChI=1S/C18H22N2O3S/c1-15-8-6-7-9-16(15)14-19-18(21)12-13-24(22,23)20(2)17-10-4-3-5-11-17/h3-11H,12-14H2,1-2H3,(H,19,21). The van der Waals surface area contributed by atoms with Gasteiger partial charge in [0.1, 0.15) is 0 Å². The summed E-state index contributed by atoms with van der Waals surface area (Å²) >= 11 is 0. The molecule has 0 atom stereocenters. The molecule has 0 aliphatic carbocycles. The van der Waals surface area contributed by atoms with Gasteiger partial charge in [0.25, 0.3) is 0 Å². The van der Waals surface area contributed by atoms with E-state index in [1.807, 2.05) is 37.3 Å². The summed E-state index contributed by atoms with van der Waals surface area (Å²) < 4.78 is 25.8. The van der Waals surface area contributed by atoms with E-state index in [4.69, 9.17) is 0 Å². The van der Waals surface area contributed by atoms with Gasteiger partial charge in [-0.15, -0.1) is 0 Å². The van der Waals surface area contributed by atoms with Crippen molar-refractivity contribution in [1.29, 1.82) is 0 Å². The van der Waals surface area contributed by atoms with Gasteiger partial charge in [-0.3, -0.25) is 9.10 Å². The summed E-state index contributed by atoms with van der Waals surface area (Å²) in [5.74, 6) is -0.499. The molecule has 6 heteroatoms. The van der Waals surface area contributed by atoms with E-state index in [-0.39, 0.29) is 18.1 Å². The Kier molecular flexibility index (Phi) is 5.98. The van der Waals surface area contributed by atoms with Crippen LogP contribution in [0.1, 0.15) is 17.5 Å². The second-order valence-corrected chi connectivity index (χ2v) is 7.69. The van der Waals surface area contributed by atoms with Crippen LogP contribution in [-0.2, 0) is 21.4 Å². The summed E-state index contributed by atoms with van der Waals surface area (Å²) in [6.45, 7) is 2.38. The van der Waals surface area contributed by atoms with Crippen LogP contribution in [0.5, 0.6) is 0 Å². The Bertz CT molecular complexity index is 789. The number of sulfonamides is 1. The maximum Gasteiger partial charge on any atom is 0.235 e. The molecule has 5 nitrogen and oxygen atoms in total. The first kappa shape index (κ1) is 18.0. The summed E-state index contributed by atoms with van der Waals surface area (Å²) in [5.41, 5.74) is 2.70. The summed E-state index contributed by atoms with van der Waals surface area (Å²) in [4.78, 5) is 11.9. The highest BCUT2D eigenvalue weighted by molar-refractivity contribution is 7.92. The maximum atomic E-state index is 12.3. The molecule has 0 bridgehead atoms. The van der Waals surface area contributed by atoms with Crippen LogP contribution in [0.2, 0.25) is 0 Å². The maximum absolute atomic E-state index is 12.3. The Hall–Kier alpha value is -2.34. The molecular formula is C18H22N2O3S. The Balaban J connectivity index is 1.87. The molecule has 0 aliphatic heterocycles. The molecule has 2 rings (SSSR count). The average Bonchev–Trinajstić information content (AvgIpc) is 2.59. The van der Waals surface area contributed by atoms with Gasteiger partial charge in [-0.2, -0.15) is 0 Å². The van der Waals surface area contributed by atoms with Gasteiger partial charge in [0, 0.05) is 20.0 Å². The van der Waals surface area contributed by atoms with E-state index in [1.165, 1.54) is 11.4 Å². The van der Waals surface area contributed by atoms with Gasteiger partial charge in [-0.05, 0) is 30.2 Å². The first-order valence-electron chi connectivity index (χ1n) is 7.73. The van der Waals surface area contributed by atoms with Crippen LogP contribution in [0.3, 0.4) is 0 Å². The molecule has 24 heavy (non-hydrogen) atoms. The van der Waals surface area contributed by atoms with Gasteiger partial charge in [0.05, 0.1) is 11.4 Å². The van der Waals surface area contributed by atoms with Crippen molar-refractivity contribution in [3.05, 3.63) is 65.7 Å². The van der Waals surface area contributed by atoms with E-state index in [0.29, 0.717) is 12.2 Å². The fourth-order valence-electron chi connectivity index (χ4n) is 2.25. The van der Waals surface area contributed by atoms with Crippen molar-refractivity contribution in [2.24, 2.45) is 0 Å². The number of anilines is 1. The van der Waals surface area contributed by atoms with E-state index in [9.17, 15) is 13.2 Å². The first-order valence-corrected chi connectivity index (χ1v) is 9.34. The molecule has 0 aliphatic rings. The van der Waals surface area contributed by atoms with Gasteiger partial charge in [-0.25, -0.2) is 8.42 Å². The van der Waals surface area contributed by atoms with Gasteiger partial charge in [0.15, 0.2) is 0 Å². The van der Waals surface area contributed by atoms with Gasteiger partial charge >= 0.3 is 0 Å². The van der Waals surface area contributed by atoms with Crippen LogP contribution < -0.4 is 9.62 Å². The van der Waals surface area contributed by atoms with E-state index in [1.54, 1.807) is 24.3 Å². The lowest BCUT2D eigenvalue weighted by atomic mass is 10.1. The number of benzene rings is 2. The highest BCUT2D eigenvalue weighted by Gasteiger charge is 2.19. The molecule has 2 aromatic carbocycles. The van der Waals surface area contributed by atoms with Crippen molar-refractivity contribution in [3.8, 4) is 0 Å². The molecule has 1 amide bonds. The van der Waals surface area contributed by atoms with Crippen molar-refractivity contribution in [3.63, 3.8) is 0 Å². The third-order valence-electron chi connectivity index (χ3n) is 3.86. The van der Waals surface area contributed by atoms with E-state index >= 15 is 0 Å². The molecule has 2 aromatic rings. The molecule has 0 unspecified atom stereocenters. The number of carbonyl (C=O) groups is 1. The van der Waals surface area contributed by atoms with Gasteiger partial charge in [-0.1, -0.05) is 42.5 Å². The quantitative estimate of drug-likeness (QED) is 0.837. The minimum atomic E-state index is -3.53. The predicted molar refractivity (Wildman–Crippen MR) is 96.3 cm³/mol. The zero-order valence-electron chi connectivity index (χ0n) is 13.9. The minimum Gasteiger partial charge on any atom is -0.352 e. The third-order valence-corrected chi connectivity index (χ3v) is 5.63. The van der Waals surface area contributed by atoms with E-state index in [0.717, 1.165) is 11.1 Å². The highest BCUT2D eigenvalue weighted by Crippen LogP contribution is 2.15. The summed E-state index contributed by atoms with van der Waals surface area (Å²) in [5, 5.41) is 2.77. The highest BCUT2D eigenvalue weighted by atomic mass is 32.2. The van der Waals surface area contributed by atoms with Crippen LogP contribution in [0, 0.1) is 6.92 Å². The Morgan fingerprint density at radius 3 is 2.33 bits per heavy atom. The smallest absolute Gasteiger partial charge is 0.235 e. The zero-order valence-corrected chi connectivity index (χ0v) is 14.7. The SMILES string of the molecule is Cc1ccccc1CNC(=O)CCS(=O)(=O)N(C)c1ccccc1. The molecule has 0 heterocycles. The third kappa shape index (κ3) is 4.83. The number of amides is 1. The largest absolute Gasteiger partial charge is 0.352 e. The number of rotatable bonds is 7. The molecule has 0 saturated carbocycles. The van der Waals surface area contributed by atoms with E-state index < -0.39 is 10.0 Å². The number of hydrogen-bond acceptors (Lipinski definition) is 3. The molecular weight excluding hydrogens is 324 g/mol. The number of aryl methyl sites for hydroxylation is 1. The lowest BCUT2D eigenvalue weighted by molar-refractivity contribution is -0.120. The number of para-hydroxylation sites is 1. The number of hydrogen-bond donors (Lipinski definition) is 1. The lowest BCUT2D eigenvalue weighted by Crippen LogP contribution is -2.32. The topological polar surface area (TPSA) is 66.5 Å². The molecule has 1 N–H and O–H groups in total. The van der Waals surface area contributed by atoms with Crippen LogP contribution in [0.15, 0.2) is 54.6 Å². The van der Waals surface area contributed by atoms with Gasteiger partial charge < -0.3 is 5.32 Å². The molecule has 128 valence electrons. The van der Waals surface area contributed by atoms with Crippen molar-refractivity contribution in [2.45, 2.75) is 19.9 Å². The van der Waals surface area contributed by atoms with Crippen LogP contribution >= 0.6 is 0 Å². The molecule has 0 radical (unpaired) electrons. The van der Waals surface area contributed by atoms with Crippen molar-refractivity contribution >= 4 is 21.6 Å². The second-order valence-electron chi connectivity index (χ2n) is 5.57. The number of nitrogens with one attached hydrogen (secondary N) is 1. The van der Waals surface area contributed by atoms with Gasteiger partial charge in [0.2, 0.25) is 15.9 Å². The Labute approximate surface area is 143 Å². The molecule has 0 saturated heterocycles. The molecule has 0 aromatic heterocycles. The van der Waals surface area contributed by atoms with Crippen molar-refractivity contribution in [2.75, 3.05) is 17.1 Å². The monoisotopic (exact) mass is 346 g/mol. The Morgan fingerprint density at radius 2 is 1.67 bits per heavy atom. The zero-order chi connectivity index (χ0) is 17.6. The number of carbonyl (C=O) groups excluding carboxylic acids is 1. The van der Waals surface area contributed by atoms with E-state index in [2.05, 4.69) is 5.32 Å². The van der Waals surface area contributed by atoms with Crippen LogP contribution in [0.4, 0.5) is 5.69 Å². The molecule has 0 fully saturated rings. The number of nitrogens with zero attached hydrogens (tertiary/aromatic N) is 1. The minimum absolute atomic E-state index is 0.0641. The summed E-state index contributed by atoms with van der Waals surface area (Å²) in [7, 11) is -2.03. The normalized spacial score (nSPS) is 11.1. The van der Waals surface area contributed by atoms with Crippen molar-refractivity contribution < 1.29 is 13.2 Å². The first-order chi connectivity index (χ1) is 11.4. The van der Waals surface area contributed by atoms with Crippen LogP contribution in [-0.4, -0.2) is 27.1 Å². The second kappa shape index (κ2) is 7.97. The molecule has 0 spiro atoms. The Morgan fingerprint density at radius 1 is 1.04 bits per heavy atom. The van der Waals surface area contributed by atoms with Crippen molar-refractivity contribution in [1.82, 2.24) is 5.32 Å². The average molecular weight is 346 g/mol. The fraction of sp³-hybridized carbons (Fsp3) is 0.278. The summed E-state index contributed by atoms with van der Waals surface area (Å²) in [6.07, 6.45) is -0.0641. The fourth-order valence-corrected chi connectivity index (χ4v) is 3.41. The predicted octanol–water partition coefficient (Wildman–Crippen LogP) is 2.47. The lowest BCUT2D eigenvalue weighted by Gasteiger charge is -2.19.